The Labute approximate surface area is 107 Å². The summed E-state index contributed by atoms with van der Waals surface area (Å²) in [4.78, 5) is 4.28. The quantitative estimate of drug-likeness (QED) is 0.860. The van der Waals surface area contributed by atoms with Crippen LogP contribution in [0.2, 0.25) is 0 Å². The molecule has 0 saturated heterocycles. The van der Waals surface area contributed by atoms with Crippen molar-refractivity contribution in [2.24, 2.45) is 4.99 Å². The van der Waals surface area contributed by atoms with Crippen molar-refractivity contribution in [3.63, 3.8) is 0 Å². The summed E-state index contributed by atoms with van der Waals surface area (Å²) in [5.41, 5.74) is 1.60. The minimum atomic E-state index is -0.780. The van der Waals surface area contributed by atoms with E-state index in [-0.39, 0.29) is 11.9 Å². The Hall–Kier alpha value is -1.42. The van der Waals surface area contributed by atoms with Crippen LogP contribution in [-0.2, 0) is 6.42 Å². The molecule has 1 unspecified atom stereocenters. The third kappa shape index (κ3) is 2.70. The summed E-state index contributed by atoms with van der Waals surface area (Å²) in [6, 6.07) is 4.79. The van der Waals surface area contributed by atoms with Crippen molar-refractivity contribution >= 4 is 5.84 Å². The number of nitrogens with one attached hydrogen (secondary N) is 1. The zero-order valence-electron chi connectivity index (χ0n) is 10.8. The first-order valence-electron chi connectivity index (χ1n) is 6.39. The molecule has 0 saturated carbocycles. The second-order valence-corrected chi connectivity index (χ2v) is 4.77. The molecule has 1 aliphatic heterocycles. The smallest absolute Gasteiger partial charge is 0.136 e. The van der Waals surface area contributed by atoms with Crippen LogP contribution in [0.3, 0.4) is 0 Å². The van der Waals surface area contributed by atoms with E-state index in [2.05, 4.69) is 10.3 Å². The zero-order chi connectivity index (χ0) is 13.1. The molecule has 0 bridgehead atoms. The Balaban J connectivity index is 2.26. The lowest BCUT2D eigenvalue weighted by Crippen LogP contribution is -2.31. The van der Waals surface area contributed by atoms with Gasteiger partial charge in [-0.15, -0.1) is 0 Å². The second kappa shape index (κ2) is 5.48. The molecule has 1 aromatic rings. The number of hydrogen-bond acceptors (Lipinski definition) is 3. The van der Waals surface area contributed by atoms with Crippen molar-refractivity contribution in [2.75, 3.05) is 6.54 Å². The van der Waals surface area contributed by atoms with Gasteiger partial charge in [0.2, 0.25) is 0 Å². The summed E-state index contributed by atoms with van der Waals surface area (Å²) < 4.78 is 13.2. The fourth-order valence-electron chi connectivity index (χ4n) is 2.22. The highest BCUT2D eigenvalue weighted by atomic mass is 19.1. The summed E-state index contributed by atoms with van der Waals surface area (Å²) in [6.07, 6.45) is 0.893. The molecule has 3 nitrogen and oxygen atoms in total. The highest BCUT2D eigenvalue weighted by Gasteiger charge is 2.23. The molecule has 1 aromatic carbocycles. The SMILES string of the molecule is CCCc1cc(F)ccc1[C@@H](O)C1=NCC(C)N1. The lowest BCUT2D eigenvalue weighted by atomic mass is 9.98. The highest BCUT2D eigenvalue weighted by Crippen LogP contribution is 2.23. The molecule has 18 heavy (non-hydrogen) atoms. The molecule has 0 aliphatic carbocycles. The van der Waals surface area contributed by atoms with E-state index in [4.69, 9.17) is 0 Å². The van der Waals surface area contributed by atoms with E-state index in [0.29, 0.717) is 12.4 Å². The van der Waals surface area contributed by atoms with Gasteiger partial charge in [0.1, 0.15) is 17.8 Å². The van der Waals surface area contributed by atoms with Gasteiger partial charge in [-0.05, 0) is 36.6 Å². The standard InChI is InChI=1S/C14H19FN2O/c1-3-4-10-7-11(15)5-6-12(10)13(18)14-16-8-9(2)17-14/h5-7,9,13,18H,3-4,8H2,1-2H3,(H,16,17)/t9?,13-/m1/s1. The van der Waals surface area contributed by atoms with Crippen molar-refractivity contribution in [3.8, 4) is 0 Å². The van der Waals surface area contributed by atoms with E-state index in [9.17, 15) is 9.50 Å². The molecule has 2 atom stereocenters. The van der Waals surface area contributed by atoms with Gasteiger partial charge < -0.3 is 10.4 Å². The number of aliphatic hydroxyl groups is 1. The summed E-state index contributed by atoms with van der Waals surface area (Å²) in [6.45, 7) is 4.73. The molecule has 2 rings (SSSR count). The number of nitrogens with zero attached hydrogens (tertiary/aromatic N) is 1. The molecule has 4 heteroatoms. The first kappa shape index (κ1) is 13.0. The van der Waals surface area contributed by atoms with E-state index < -0.39 is 6.10 Å². The number of aliphatic hydroxyl groups excluding tert-OH is 1. The van der Waals surface area contributed by atoms with Crippen molar-refractivity contribution in [2.45, 2.75) is 38.8 Å². The van der Waals surface area contributed by atoms with E-state index in [1.54, 1.807) is 6.07 Å². The Morgan fingerprint density at radius 2 is 2.33 bits per heavy atom. The normalized spacial score (nSPS) is 20.4. The summed E-state index contributed by atoms with van der Waals surface area (Å²) >= 11 is 0. The number of rotatable bonds is 4. The Morgan fingerprint density at radius 1 is 1.56 bits per heavy atom. The third-order valence-corrected chi connectivity index (χ3v) is 3.11. The van der Waals surface area contributed by atoms with Gasteiger partial charge in [0.15, 0.2) is 0 Å². The van der Waals surface area contributed by atoms with Crippen LogP contribution in [0.5, 0.6) is 0 Å². The number of amidine groups is 1. The monoisotopic (exact) mass is 250 g/mol. The van der Waals surface area contributed by atoms with Gasteiger partial charge in [0.05, 0.1) is 6.54 Å². The summed E-state index contributed by atoms with van der Waals surface area (Å²) in [5, 5.41) is 13.5. The van der Waals surface area contributed by atoms with E-state index in [0.717, 1.165) is 24.0 Å². The minimum absolute atomic E-state index is 0.254. The van der Waals surface area contributed by atoms with Crippen LogP contribution in [-0.4, -0.2) is 23.5 Å². The molecule has 0 aromatic heterocycles. The summed E-state index contributed by atoms with van der Waals surface area (Å²) in [5.74, 6) is 0.329. The lowest BCUT2D eigenvalue weighted by Gasteiger charge is -2.17. The summed E-state index contributed by atoms with van der Waals surface area (Å²) in [7, 11) is 0. The molecule has 98 valence electrons. The van der Waals surface area contributed by atoms with Gasteiger partial charge in [0, 0.05) is 6.04 Å². The highest BCUT2D eigenvalue weighted by molar-refractivity contribution is 5.89. The maximum atomic E-state index is 13.2. The molecule has 0 radical (unpaired) electrons. The largest absolute Gasteiger partial charge is 0.380 e. The van der Waals surface area contributed by atoms with Crippen molar-refractivity contribution in [1.82, 2.24) is 5.32 Å². The Bertz CT molecular complexity index is 459. The van der Waals surface area contributed by atoms with Gasteiger partial charge in [-0.25, -0.2) is 4.39 Å². The molecule has 0 fully saturated rings. The molecule has 0 spiro atoms. The molecule has 1 aliphatic rings. The van der Waals surface area contributed by atoms with Crippen molar-refractivity contribution < 1.29 is 9.50 Å². The van der Waals surface area contributed by atoms with Crippen LogP contribution in [0.4, 0.5) is 4.39 Å². The van der Waals surface area contributed by atoms with E-state index in [1.165, 1.54) is 12.1 Å². The van der Waals surface area contributed by atoms with Crippen molar-refractivity contribution in [1.29, 1.82) is 0 Å². The molecular weight excluding hydrogens is 231 g/mol. The molecule has 2 N–H and O–H groups in total. The zero-order valence-corrected chi connectivity index (χ0v) is 10.8. The maximum absolute atomic E-state index is 13.2. The van der Waals surface area contributed by atoms with Crippen LogP contribution in [0, 0.1) is 5.82 Å². The maximum Gasteiger partial charge on any atom is 0.136 e. The topological polar surface area (TPSA) is 44.6 Å². The van der Waals surface area contributed by atoms with Crippen LogP contribution in [0.25, 0.3) is 0 Å². The number of halogens is 1. The predicted octanol–water partition coefficient (Wildman–Crippen LogP) is 2.20. The van der Waals surface area contributed by atoms with Gasteiger partial charge in [-0.2, -0.15) is 0 Å². The van der Waals surface area contributed by atoms with E-state index >= 15 is 0 Å². The first-order chi connectivity index (χ1) is 8.61. The van der Waals surface area contributed by atoms with Crippen LogP contribution >= 0.6 is 0 Å². The second-order valence-electron chi connectivity index (χ2n) is 4.77. The van der Waals surface area contributed by atoms with Gasteiger partial charge in [-0.1, -0.05) is 19.4 Å². The predicted molar refractivity (Wildman–Crippen MR) is 70.3 cm³/mol. The number of hydrogen-bond donors (Lipinski definition) is 2. The van der Waals surface area contributed by atoms with Gasteiger partial charge >= 0.3 is 0 Å². The molecule has 0 amide bonds. The van der Waals surface area contributed by atoms with Crippen molar-refractivity contribution in [3.05, 3.63) is 35.1 Å². The van der Waals surface area contributed by atoms with Crippen LogP contribution < -0.4 is 5.32 Å². The fourth-order valence-corrected chi connectivity index (χ4v) is 2.22. The first-order valence-corrected chi connectivity index (χ1v) is 6.39. The van der Waals surface area contributed by atoms with Gasteiger partial charge in [-0.3, -0.25) is 4.99 Å². The molecule has 1 heterocycles. The Kier molecular flexibility index (Phi) is 3.97. The third-order valence-electron chi connectivity index (χ3n) is 3.11. The number of benzene rings is 1. The average Bonchev–Trinajstić information content (AvgIpc) is 2.76. The molecular formula is C14H19FN2O. The fraction of sp³-hybridized carbons (Fsp3) is 0.500. The number of aryl methyl sites for hydroxylation is 1. The minimum Gasteiger partial charge on any atom is -0.380 e. The van der Waals surface area contributed by atoms with Crippen LogP contribution in [0.15, 0.2) is 23.2 Å². The average molecular weight is 250 g/mol. The van der Waals surface area contributed by atoms with Crippen LogP contribution in [0.1, 0.15) is 37.5 Å². The van der Waals surface area contributed by atoms with E-state index in [1.807, 2.05) is 13.8 Å². The number of aliphatic imine (C=N–C) groups is 1. The Morgan fingerprint density at radius 3 is 2.94 bits per heavy atom. The van der Waals surface area contributed by atoms with Gasteiger partial charge in [0.25, 0.3) is 0 Å². The lowest BCUT2D eigenvalue weighted by molar-refractivity contribution is 0.242.